The van der Waals surface area contributed by atoms with Gasteiger partial charge in [-0.3, -0.25) is 9.59 Å². The highest BCUT2D eigenvalue weighted by molar-refractivity contribution is 5.70. The van der Waals surface area contributed by atoms with Crippen molar-refractivity contribution in [2.75, 3.05) is 19.8 Å². The van der Waals surface area contributed by atoms with Gasteiger partial charge in [0.1, 0.15) is 6.61 Å². The van der Waals surface area contributed by atoms with Crippen molar-refractivity contribution in [3.63, 3.8) is 0 Å². The Hall–Kier alpha value is -2.66. The summed E-state index contributed by atoms with van der Waals surface area (Å²) in [6.07, 6.45) is 67.8. The normalized spacial score (nSPS) is 12.8. The average molecular weight is 865 g/mol. The number of hydrogen-bond donors (Lipinski definition) is 0. The zero-order valence-corrected chi connectivity index (χ0v) is 41.1. The van der Waals surface area contributed by atoms with Gasteiger partial charge in [0.05, 0.1) is 6.61 Å². The highest BCUT2D eigenvalue weighted by Gasteiger charge is 2.17. The Labute approximate surface area is 385 Å². The first-order chi connectivity index (χ1) is 30.6. The Bertz CT molecular complexity index is 1110. The predicted molar refractivity (Wildman–Crippen MR) is 270 cm³/mol. The lowest BCUT2D eigenvalue weighted by Crippen LogP contribution is -2.30. The van der Waals surface area contributed by atoms with E-state index < -0.39 is 6.10 Å². The molecule has 0 fully saturated rings. The van der Waals surface area contributed by atoms with Gasteiger partial charge in [0.2, 0.25) is 0 Å². The molecule has 1 atom stereocenters. The van der Waals surface area contributed by atoms with Crippen molar-refractivity contribution in [1.82, 2.24) is 0 Å². The summed E-state index contributed by atoms with van der Waals surface area (Å²) in [4.78, 5) is 25.4. The number of carbonyl (C=O) groups is 2. The van der Waals surface area contributed by atoms with Gasteiger partial charge in [-0.25, -0.2) is 0 Å². The molecule has 0 aromatic carbocycles. The molecule has 0 saturated carbocycles. The summed E-state index contributed by atoms with van der Waals surface area (Å²) in [5.74, 6) is -0.485. The first kappa shape index (κ1) is 59.3. The molecule has 62 heavy (non-hydrogen) atoms. The van der Waals surface area contributed by atoms with Gasteiger partial charge < -0.3 is 14.2 Å². The van der Waals surface area contributed by atoms with Crippen molar-refractivity contribution in [2.24, 2.45) is 0 Å². The van der Waals surface area contributed by atoms with E-state index in [1.54, 1.807) is 0 Å². The van der Waals surface area contributed by atoms with Gasteiger partial charge in [-0.1, -0.05) is 254 Å². The molecular weight excluding hydrogens is 765 g/mol. The topological polar surface area (TPSA) is 61.8 Å². The van der Waals surface area contributed by atoms with Crippen molar-refractivity contribution < 1.29 is 23.8 Å². The maximum Gasteiger partial charge on any atom is 0.306 e. The van der Waals surface area contributed by atoms with E-state index in [4.69, 9.17) is 14.2 Å². The van der Waals surface area contributed by atoms with Gasteiger partial charge in [0, 0.05) is 19.4 Å². The van der Waals surface area contributed by atoms with Crippen LogP contribution in [0.5, 0.6) is 0 Å². The van der Waals surface area contributed by atoms with Gasteiger partial charge >= 0.3 is 11.9 Å². The molecule has 0 aliphatic rings. The molecule has 5 heteroatoms. The fraction of sp³-hybridized carbons (Fsp3) is 0.754. The van der Waals surface area contributed by atoms with E-state index in [1.165, 1.54) is 148 Å². The van der Waals surface area contributed by atoms with Gasteiger partial charge in [-0.05, 0) is 57.8 Å². The van der Waals surface area contributed by atoms with Crippen molar-refractivity contribution in [3.8, 4) is 0 Å². The molecule has 1 unspecified atom stereocenters. The molecule has 0 bridgehead atoms. The number of ether oxygens (including phenoxy) is 3. The Morgan fingerprint density at radius 3 is 1.13 bits per heavy atom. The van der Waals surface area contributed by atoms with Crippen LogP contribution in [-0.4, -0.2) is 37.9 Å². The van der Waals surface area contributed by atoms with Crippen molar-refractivity contribution >= 4 is 11.9 Å². The lowest BCUT2D eigenvalue weighted by atomic mass is 10.0. The Kier molecular flexibility index (Phi) is 50.4. The third-order valence-electron chi connectivity index (χ3n) is 11.3. The standard InChI is InChI=1S/C57H100O5/c1-4-7-10-13-16-19-22-25-27-28-29-30-32-33-35-38-41-44-47-50-56(58)61-54-55(53-60-52-49-46-43-40-37-24-21-18-15-12-9-6-3)62-57(59)51-48-45-42-39-36-34-31-26-23-20-17-14-11-8-5-2/h7,10,16,19,25,27,29-30,33,35,41,44,55H,4-6,8-9,11-15,17-18,20-24,26,28,31-32,34,36-40,42-43,45-54H2,1-3H3/b10-7-,19-16-,27-25-,30-29-,35-33-,44-41-. The molecule has 0 amide bonds. The molecule has 0 spiro atoms. The second-order valence-corrected chi connectivity index (χ2v) is 17.4. The van der Waals surface area contributed by atoms with E-state index in [0.29, 0.717) is 25.9 Å². The summed E-state index contributed by atoms with van der Waals surface area (Å²) in [7, 11) is 0. The molecule has 0 rings (SSSR count). The van der Waals surface area contributed by atoms with Crippen molar-refractivity contribution in [2.45, 2.75) is 258 Å². The van der Waals surface area contributed by atoms with Crippen LogP contribution in [0.4, 0.5) is 0 Å². The molecular formula is C57H100O5. The number of carbonyl (C=O) groups excluding carboxylic acids is 2. The van der Waals surface area contributed by atoms with E-state index in [1.807, 2.05) is 6.08 Å². The molecule has 0 radical (unpaired) electrons. The molecule has 0 aromatic heterocycles. The van der Waals surface area contributed by atoms with Gasteiger partial charge in [-0.2, -0.15) is 0 Å². The average Bonchev–Trinajstić information content (AvgIpc) is 3.27. The minimum absolute atomic E-state index is 0.0472. The van der Waals surface area contributed by atoms with E-state index >= 15 is 0 Å². The molecule has 5 nitrogen and oxygen atoms in total. The molecule has 0 aliphatic carbocycles. The van der Waals surface area contributed by atoms with Gasteiger partial charge in [0.25, 0.3) is 0 Å². The lowest BCUT2D eigenvalue weighted by molar-refractivity contribution is -0.162. The Morgan fingerprint density at radius 1 is 0.371 bits per heavy atom. The molecule has 0 heterocycles. The van der Waals surface area contributed by atoms with E-state index in [9.17, 15) is 9.59 Å². The summed E-state index contributed by atoms with van der Waals surface area (Å²) in [6.45, 7) is 7.66. The largest absolute Gasteiger partial charge is 0.462 e. The highest BCUT2D eigenvalue weighted by Crippen LogP contribution is 2.15. The number of rotatable bonds is 48. The summed E-state index contributed by atoms with van der Waals surface area (Å²) >= 11 is 0. The Morgan fingerprint density at radius 2 is 0.726 bits per heavy atom. The molecule has 0 aliphatic heterocycles. The highest BCUT2D eigenvalue weighted by atomic mass is 16.6. The van der Waals surface area contributed by atoms with Crippen molar-refractivity contribution in [1.29, 1.82) is 0 Å². The fourth-order valence-corrected chi connectivity index (χ4v) is 7.36. The zero-order chi connectivity index (χ0) is 44.9. The van der Waals surface area contributed by atoms with Crippen LogP contribution in [0.1, 0.15) is 252 Å². The fourth-order valence-electron chi connectivity index (χ4n) is 7.36. The van der Waals surface area contributed by atoms with Crippen LogP contribution in [0, 0.1) is 0 Å². The smallest absolute Gasteiger partial charge is 0.306 e. The van der Waals surface area contributed by atoms with Crippen LogP contribution >= 0.6 is 0 Å². The van der Waals surface area contributed by atoms with E-state index in [2.05, 4.69) is 87.6 Å². The minimum atomic E-state index is -0.564. The van der Waals surface area contributed by atoms with Crippen LogP contribution in [0.15, 0.2) is 72.9 Å². The molecule has 0 N–H and O–H groups in total. The summed E-state index contributed by atoms with van der Waals surface area (Å²) in [5, 5.41) is 0. The third-order valence-corrected chi connectivity index (χ3v) is 11.3. The van der Waals surface area contributed by atoms with Crippen molar-refractivity contribution in [3.05, 3.63) is 72.9 Å². The maximum atomic E-state index is 12.8. The van der Waals surface area contributed by atoms with E-state index in [-0.39, 0.29) is 25.2 Å². The lowest BCUT2D eigenvalue weighted by Gasteiger charge is -2.18. The van der Waals surface area contributed by atoms with Crippen LogP contribution in [-0.2, 0) is 23.8 Å². The van der Waals surface area contributed by atoms with Crippen LogP contribution in [0.2, 0.25) is 0 Å². The number of esters is 2. The Balaban J connectivity index is 4.35. The number of allylic oxidation sites excluding steroid dienone is 12. The van der Waals surface area contributed by atoms with Gasteiger partial charge in [-0.15, -0.1) is 0 Å². The summed E-state index contributed by atoms with van der Waals surface area (Å²) in [6, 6.07) is 0. The summed E-state index contributed by atoms with van der Waals surface area (Å²) in [5.41, 5.74) is 0. The first-order valence-corrected chi connectivity index (χ1v) is 26.5. The second-order valence-electron chi connectivity index (χ2n) is 17.4. The number of unbranched alkanes of at least 4 members (excludes halogenated alkanes) is 25. The first-order valence-electron chi connectivity index (χ1n) is 26.5. The van der Waals surface area contributed by atoms with Crippen LogP contribution < -0.4 is 0 Å². The maximum absolute atomic E-state index is 12.8. The second kappa shape index (κ2) is 52.7. The predicted octanol–water partition coefficient (Wildman–Crippen LogP) is 17.9. The van der Waals surface area contributed by atoms with Crippen LogP contribution in [0.25, 0.3) is 0 Å². The van der Waals surface area contributed by atoms with Gasteiger partial charge in [0.15, 0.2) is 6.10 Å². The van der Waals surface area contributed by atoms with E-state index in [0.717, 1.165) is 64.2 Å². The molecule has 0 aromatic rings. The summed E-state index contributed by atoms with van der Waals surface area (Å²) < 4.78 is 17.3. The quantitative estimate of drug-likeness (QED) is 0.0346. The number of hydrogen-bond acceptors (Lipinski definition) is 5. The third kappa shape index (κ3) is 50.0. The van der Waals surface area contributed by atoms with Crippen LogP contribution in [0.3, 0.4) is 0 Å². The molecule has 0 saturated heterocycles. The zero-order valence-electron chi connectivity index (χ0n) is 41.1. The molecule has 358 valence electrons. The monoisotopic (exact) mass is 865 g/mol. The minimum Gasteiger partial charge on any atom is -0.462 e. The SMILES string of the molecule is CC/C=C\C/C=C\C/C=C\C/C=C\C/C=C\C/C=C\CCC(=O)OCC(COCCCCCCCCCCCCCC)OC(=O)CCCCCCCCCCCCCCCCC.